The first-order chi connectivity index (χ1) is 13.0. The lowest BCUT2D eigenvalue weighted by atomic mass is 10.1. The number of thiophene rings is 1. The van der Waals surface area contributed by atoms with Crippen molar-refractivity contribution in [3.8, 4) is 0 Å². The van der Waals surface area contributed by atoms with E-state index in [0.29, 0.717) is 11.3 Å². The number of carbonyl (C=O) groups excluding carboxylic acids is 2. The van der Waals surface area contributed by atoms with Crippen LogP contribution in [0.25, 0.3) is 5.57 Å². The molecule has 1 aliphatic heterocycles. The number of carbonyl (C=O) groups is 2. The number of nitrogens with zero attached hydrogens (tertiary/aromatic N) is 2. The first-order valence-electron chi connectivity index (χ1n) is 9.26. The zero-order chi connectivity index (χ0) is 19.6. The minimum Gasteiger partial charge on any atom is -0.372 e. The standard InChI is InChI=1S/C21H25N3O2S/c1-5-23(6-2)16-11-9-15(10-12-16)22-19-18(17-8-7-13-27-17)20(25)24(14(3)4)21(19)26/h7-14,22H,5-6H2,1-4H3. The normalized spacial score (nSPS) is 14.5. The van der Waals surface area contributed by atoms with Gasteiger partial charge in [-0.15, -0.1) is 11.3 Å². The van der Waals surface area contributed by atoms with E-state index in [1.807, 2.05) is 55.6 Å². The third kappa shape index (κ3) is 3.62. The Morgan fingerprint density at radius 2 is 1.70 bits per heavy atom. The minimum atomic E-state index is -0.272. The Morgan fingerprint density at radius 3 is 2.22 bits per heavy atom. The molecular formula is C21H25N3O2S. The molecule has 6 heteroatoms. The third-order valence-electron chi connectivity index (χ3n) is 4.66. The summed E-state index contributed by atoms with van der Waals surface area (Å²) in [5.41, 5.74) is 2.74. The first kappa shape index (κ1) is 19.2. The minimum absolute atomic E-state index is 0.190. The highest BCUT2D eigenvalue weighted by Crippen LogP contribution is 2.34. The van der Waals surface area contributed by atoms with Crippen molar-refractivity contribution >= 4 is 40.1 Å². The lowest BCUT2D eigenvalue weighted by molar-refractivity contribution is -0.138. The number of benzene rings is 1. The van der Waals surface area contributed by atoms with E-state index >= 15 is 0 Å². The molecule has 0 aliphatic carbocycles. The van der Waals surface area contributed by atoms with Crippen LogP contribution in [0.2, 0.25) is 0 Å². The molecular weight excluding hydrogens is 358 g/mol. The molecule has 0 saturated carbocycles. The number of hydrogen-bond donors (Lipinski definition) is 1. The van der Waals surface area contributed by atoms with Gasteiger partial charge < -0.3 is 10.2 Å². The fraction of sp³-hybridized carbons (Fsp3) is 0.333. The summed E-state index contributed by atoms with van der Waals surface area (Å²) in [5.74, 6) is -0.508. The fourth-order valence-electron chi connectivity index (χ4n) is 3.27. The summed E-state index contributed by atoms with van der Waals surface area (Å²) in [6.45, 7) is 9.82. The molecule has 2 aromatic rings. The summed E-state index contributed by atoms with van der Waals surface area (Å²) in [6.07, 6.45) is 0. The number of imide groups is 1. The van der Waals surface area contributed by atoms with Crippen molar-refractivity contribution in [2.24, 2.45) is 0 Å². The SMILES string of the molecule is CCN(CC)c1ccc(NC2=C(c3cccs3)C(=O)N(C(C)C)C2=O)cc1. The summed E-state index contributed by atoms with van der Waals surface area (Å²) < 4.78 is 0. The van der Waals surface area contributed by atoms with Crippen LogP contribution in [0.3, 0.4) is 0 Å². The molecule has 0 atom stereocenters. The molecule has 2 heterocycles. The van der Waals surface area contributed by atoms with Gasteiger partial charge >= 0.3 is 0 Å². The summed E-state index contributed by atoms with van der Waals surface area (Å²) in [4.78, 5) is 30.2. The van der Waals surface area contributed by atoms with E-state index in [-0.39, 0.29) is 17.9 Å². The van der Waals surface area contributed by atoms with E-state index in [9.17, 15) is 9.59 Å². The van der Waals surface area contributed by atoms with Gasteiger partial charge in [0.25, 0.3) is 11.8 Å². The maximum absolute atomic E-state index is 12.9. The predicted molar refractivity (Wildman–Crippen MR) is 112 cm³/mol. The lowest BCUT2D eigenvalue weighted by Crippen LogP contribution is -2.38. The van der Waals surface area contributed by atoms with E-state index < -0.39 is 0 Å². The van der Waals surface area contributed by atoms with Gasteiger partial charge in [0.05, 0.1) is 5.57 Å². The molecule has 0 saturated heterocycles. The summed E-state index contributed by atoms with van der Waals surface area (Å²) in [7, 11) is 0. The van der Waals surface area contributed by atoms with Gasteiger partial charge in [-0.3, -0.25) is 14.5 Å². The van der Waals surface area contributed by atoms with Crippen molar-refractivity contribution in [3.05, 3.63) is 52.4 Å². The molecule has 1 N–H and O–H groups in total. The fourth-order valence-corrected chi connectivity index (χ4v) is 4.04. The number of rotatable bonds is 7. The second-order valence-electron chi connectivity index (χ2n) is 6.65. The molecule has 0 unspecified atom stereocenters. The molecule has 5 nitrogen and oxygen atoms in total. The van der Waals surface area contributed by atoms with Gasteiger partial charge in [-0.05, 0) is 63.4 Å². The number of nitrogens with one attached hydrogen (secondary N) is 1. The maximum Gasteiger partial charge on any atom is 0.278 e. The average Bonchev–Trinajstić information content (AvgIpc) is 3.24. The Labute approximate surface area is 164 Å². The summed E-state index contributed by atoms with van der Waals surface area (Å²) in [6, 6.07) is 11.5. The van der Waals surface area contributed by atoms with Gasteiger partial charge in [-0.2, -0.15) is 0 Å². The Morgan fingerprint density at radius 1 is 1.04 bits per heavy atom. The van der Waals surface area contributed by atoms with Crippen LogP contribution < -0.4 is 10.2 Å². The number of anilines is 2. The maximum atomic E-state index is 12.9. The van der Waals surface area contributed by atoms with Crippen LogP contribution in [0, 0.1) is 0 Å². The predicted octanol–water partition coefficient (Wildman–Crippen LogP) is 4.19. The van der Waals surface area contributed by atoms with Gasteiger partial charge in [-0.1, -0.05) is 6.07 Å². The molecule has 0 bridgehead atoms. The molecule has 0 spiro atoms. The van der Waals surface area contributed by atoms with Crippen LogP contribution in [0.15, 0.2) is 47.5 Å². The quantitative estimate of drug-likeness (QED) is 0.728. The Balaban J connectivity index is 1.95. The molecule has 142 valence electrons. The Kier molecular flexibility index (Phi) is 5.65. The average molecular weight is 384 g/mol. The molecule has 2 amide bonds. The van der Waals surface area contributed by atoms with Gasteiger partial charge in [-0.25, -0.2) is 0 Å². The molecule has 1 aliphatic rings. The molecule has 0 radical (unpaired) electrons. The summed E-state index contributed by atoms with van der Waals surface area (Å²) >= 11 is 1.46. The van der Waals surface area contributed by atoms with Gasteiger partial charge in [0, 0.05) is 35.4 Å². The van der Waals surface area contributed by atoms with Gasteiger partial charge in [0.15, 0.2) is 0 Å². The number of amides is 2. The molecule has 27 heavy (non-hydrogen) atoms. The monoisotopic (exact) mass is 383 g/mol. The zero-order valence-corrected chi connectivity index (χ0v) is 17.0. The van der Waals surface area contributed by atoms with Crippen molar-refractivity contribution in [3.63, 3.8) is 0 Å². The molecule has 0 fully saturated rings. The van der Waals surface area contributed by atoms with E-state index in [1.165, 1.54) is 16.2 Å². The highest BCUT2D eigenvalue weighted by molar-refractivity contribution is 7.11. The van der Waals surface area contributed by atoms with E-state index in [4.69, 9.17) is 0 Å². The van der Waals surface area contributed by atoms with E-state index in [1.54, 1.807) is 0 Å². The number of hydrogen-bond acceptors (Lipinski definition) is 5. The second-order valence-corrected chi connectivity index (χ2v) is 7.59. The van der Waals surface area contributed by atoms with Crippen molar-refractivity contribution in [1.29, 1.82) is 0 Å². The highest BCUT2D eigenvalue weighted by Gasteiger charge is 2.40. The second kappa shape index (κ2) is 7.96. The smallest absolute Gasteiger partial charge is 0.278 e. The van der Waals surface area contributed by atoms with Crippen LogP contribution >= 0.6 is 11.3 Å². The van der Waals surface area contributed by atoms with Crippen molar-refractivity contribution in [1.82, 2.24) is 4.90 Å². The third-order valence-corrected chi connectivity index (χ3v) is 5.55. The Bertz CT molecular complexity index is 850. The lowest BCUT2D eigenvalue weighted by Gasteiger charge is -2.21. The van der Waals surface area contributed by atoms with Crippen molar-refractivity contribution in [2.45, 2.75) is 33.7 Å². The molecule has 1 aromatic carbocycles. The van der Waals surface area contributed by atoms with E-state index in [0.717, 1.165) is 29.3 Å². The Hall–Kier alpha value is -2.60. The molecule has 3 rings (SSSR count). The van der Waals surface area contributed by atoms with Gasteiger partial charge in [0.1, 0.15) is 5.70 Å². The van der Waals surface area contributed by atoms with Crippen molar-refractivity contribution < 1.29 is 9.59 Å². The zero-order valence-electron chi connectivity index (χ0n) is 16.2. The molecule has 1 aromatic heterocycles. The van der Waals surface area contributed by atoms with Gasteiger partial charge in [0.2, 0.25) is 0 Å². The van der Waals surface area contributed by atoms with Crippen LogP contribution in [0.4, 0.5) is 11.4 Å². The largest absolute Gasteiger partial charge is 0.372 e. The van der Waals surface area contributed by atoms with Crippen molar-refractivity contribution in [2.75, 3.05) is 23.3 Å². The van der Waals surface area contributed by atoms with Crippen LogP contribution in [-0.2, 0) is 9.59 Å². The first-order valence-corrected chi connectivity index (χ1v) is 10.1. The topological polar surface area (TPSA) is 52.7 Å². The van der Waals surface area contributed by atoms with E-state index in [2.05, 4.69) is 24.1 Å². The highest BCUT2D eigenvalue weighted by atomic mass is 32.1. The summed E-state index contributed by atoms with van der Waals surface area (Å²) in [5, 5.41) is 5.11. The van der Waals surface area contributed by atoms with Crippen LogP contribution in [0.5, 0.6) is 0 Å². The van der Waals surface area contributed by atoms with Crippen LogP contribution in [-0.4, -0.2) is 35.8 Å². The van der Waals surface area contributed by atoms with Crippen LogP contribution in [0.1, 0.15) is 32.6 Å².